The molecule has 1 aliphatic heterocycles. The summed E-state index contributed by atoms with van der Waals surface area (Å²) in [4.78, 5) is 23.5. The maximum Gasteiger partial charge on any atom is 0.251 e. The average Bonchev–Trinajstić information content (AvgIpc) is 3.40. The number of nitrogens with zero attached hydrogens (tertiary/aromatic N) is 4. The first kappa shape index (κ1) is 18.4. The van der Waals surface area contributed by atoms with Gasteiger partial charge in [-0.2, -0.15) is 4.98 Å². The lowest BCUT2D eigenvalue weighted by atomic mass is 10.1. The summed E-state index contributed by atoms with van der Waals surface area (Å²) in [6.45, 7) is 0.719. The Bertz CT molecular complexity index is 1190. The van der Waals surface area contributed by atoms with Gasteiger partial charge in [0.15, 0.2) is 0 Å². The molecule has 7 nitrogen and oxygen atoms in total. The molecule has 1 amide bonds. The van der Waals surface area contributed by atoms with Crippen LogP contribution >= 0.6 is 0 Å². The zero-order valence-electron chi connectivity index (χ0n) is 16.5. The first-order valence-corrected chi connectivity index (χ1v) is 9.91. The van der Waals surface area contributed by atoms with Crippen LogP contribution < -0.4 is 5.32 Å². The largest absolute Gasteiger partial charge is 0.348 e. The second kappa shape index (κ2) is 7.68. The molecule has 0 aliphatic carbocycles. The minimum atomic E-state index is -0.0668. The fourth-order valence-corrected chi connectivity index (χ4v) is 3.98. The summed E-state index contributed by atoms with van der Waals surface area (Å²) < 4.78 is 5.52. The van der Waals surface area contributed by atoms with Gasteiger partial charge < -0.3 is 9.84 Å². The van der Waals surface area contributed by atoms with Crippen LogP contribution in [0.3, 0.4) is 0 Å². The number of rotatable bonds is 4. The van der Waals surface area contributed by atoms with Crippen molar-refractivity contribution in [1.29, 1.82) is 0 Å². The van der Waals surface area contributed by atoms with Crippen LogP contribution in [-0.4, -0.2) is 45.6 Å². The van der Waals surface area contributed by atoms with Crippen molar-refractivity contribution in [3.8, 4) is 11.4 Å². The highest BCUT2D eigenvalue weighted by Crippen LogP contribution is 2.31. The number of likely N-dealkylation sites (tertiary alicyclic amines) is 1. The molecule has 1 aliphatic rings. The molecule has 1 fully saturated rings. The molecule has 0 bridgehead atoms. The molecule has 1 N–H and O–H groups in total. The Morgan fingerprint density at radius 1 is 1.10 bits per heavy atom. The van der Waals surface area contributed by atoms with Crippen molar-refractivity contribution < 1.29 is 9.32 Å². The van der Waals surface area contributed by atoms with E-state index >= 15 is 0 Å². The molecular weight excluding hydrogens is 378 g/mol. The smallest absolute Gasteiger partial charge is 0.251 e. The maximum atomic E-state index is 12.8. The Kier molecular flexibility index (Phi) is 4.72. The molecule has 150 valence electrons. The number of amides is 1. The van der Waals surface area contributed by atoms with Crippen LogP contribution in [0.25, 0.3) is 22.2 Å². The minimum Gasteiger partial charge on any atom is -0.348 e. The van der Waals surface area contributed by atoms with E-state index in [2.05, 4.69) is 25.3 Å². The fraction of sp³-hybridized carbons (Fsp3) is 0.217. The molecule has 0 radical (unpaired) electrons. The van der Waals surface area contributed by atoms with Crippen molar-refractivity contribution in [3.63, 3.8) is 0 Å². The zero-order chi connectivity index (χ0) is 20.5. The number of fused-ring (bicyclic) bond motifs is 1. The highest BCUT2D eigenvalue weighted by atomic mass is 16.5. The van der Waals surface area contributed by atoms with Crippen LogP contribution in [0.5, 0.6) is 0 Å². The summed E-state index contributed by atoms with van der Waals surface area (Å²) in [6.07, 6.45) is 4.12. The second-order valence-electron chi connectivity index (χ2n) is 7.62. The summed E-state index contributed by atoms with van der Waals surface area (Å²) >= 11 is 0. The number of carbonyl (C=O) groups is 1. The molecule has 2 atom stereocenters. The van der Waals surface area contributed by atoms with Gasteiger partial charge in [0.25, 0.3) is 5.91 Å². The number of hydrogen-bond donors (Lipinski definition) is 1. The maximum absolute atomic E-state index is 12.8. The Hall–Kier alpha value is -3.58. The molecule has 1 saturated heterocycles. The van der Waals surface area contributed by atoms with Gasteiger partial charge in [0, 0.05) is 36.1 Å². The first-order chi connectivity index (χ1) is 14.7. The van der Waals surface area contributed by atoms with E-state index in [1.807, 2.05) is 61.6 Å². The van der Waals surface area contributed by atoms with Crippen molar-refractivity contribution in [3.05, 3.63) is 78.4 Å². The quantitative estimate of drug-likeness (QED) is 0.566. The van der Waals surface area contributed by atoms with E-state index in [9.17, 15) is 4.79 Å². The molecular formula is C23H21N5O2. The lowest BCUT2D eigenvalue weighted by Gasteiger charge is -2.14. The zero-order valence-corrected chi connectivity index (χ0v) is 16.5. The van der Waals surface area contributed by atoms with Gasteiger partial charge in [-0.1, -0.05) is 35.5 Å². The van der Waals surface area contributed by atoms with E-state index in [0.717, 1.165) is 22.9 Å². The fourth-order valence-electron chi connectivity index (χ4n) is 3.98. The molecule has 0 unspecified atom stereocenters. The van der Waals surface area contributed by atoms with Crippen LogP contribution in [0.4, 0.5) is 0 Å². The van der Waals surface area contributed by atoms with Crippen molar-refractivity contribution in [1.82, 2.24) is 25.3 Å². The Balaban J connectivity index is 1.28. The number of carbonyl (C=O) groups excluding carboxylic acids is 1. The normalized spacial score (nSPS) is 19.2. The average molecular weight is 399 g/mol. The third-order valence-electron chi connectivity index (χ3n) is 5.56. The van der Waals surface area contributed by atoms with Crippen LogP contribution in [0, 0.1) is 0 Å². The van der Waals surface area contributed by atoms with Gasteiger partial charge >= 0.3 is 0 Å². The predicted molar refractivity (Wildman–Crippen MR) is 113 cm³/mol. The Morgan fingerprint density at radius 3 is 2.73 bits per heavy atom. The van der Waals surface area contributed by atoms with Crippen LogP contribution in [0.2, 0.25) is 0 Å². The molecule has 5 rings (SSSR count). The number of hydrogen-bond acceptors (Lipinski definition) is 6. The van der Waals surface area contributed by atoms with Gasteiger partial charge in [-0.15, -0.1) is 0 Å². The standard InChI is InChI=1S/C23H21N5O2/c1-28-14-19(25-22(29)18-7-6-15-4-2-3-5-17(15)12-18)13-20(28)23-26-21(27-30-23)16-8-10-24-11-9-16/h2-12,19-20H,13-14H2,1H3,(H,25,29)/t19-,20-/m0/s1. The van der Waals surface area contributed by atoms with E-state index in [-0.39, 0.29) is 18.0 Å². The van der Waals surface area contributed by atoms with Gasteiger partial charge in [0.05, 0.1) is 6.04 Å². The number of pyridine rings is 1. The molecule has 0 saturated carbocycles. The third-order valence-corrected chi connectivity index (χ3v) is 5.56. The molecule has 7 heteroatoms. The lowest BCUT2D eigenvalue weighted by molar-refractivity contribution is 0.0938. The summed E-state index contributed by atoms with van der Waals surface area (Å²) in [5.41, 5.74) is 1.53. The van der Waals surface area contributed by atoms with E-state index in [4.69, 9.17) is 4.52 Å². The Morgan fingerprint density at radius 2 is 1.90 bits per heavy atom. The number of likely N-dealkylation sites (N-methyl/N-ethyl adjacent to an activating group) is 1. The first-order valence-electron chi connectivity index (χ1n) is 9.91. The highest BCUT2D eigenvalue weighted by molar-refractivity contribution is 5.98. The minimum absolute atomic E-state index is 0.00949. The molecule has 0 spiro atoms. The molecule has 4 aromatic rings. The van der Waals surface area contributed by atoms with Crippen LogP contribution in [0.1, 0.15) is 28.7 Å². The molecule has 2 aromatic carbocycles. The monoisotopic (exact) mass is 399 g/mol. The van der Waals surface area contributed by atoms with Crippen LogP contribution in [0.15, 0.2) is 71.5 Å². The van der Waals surface area contributed by atoms with Crippen LogP contribution in [-0.2, 0) is 0 Å². The number of nitrogens with one attached hydrogen (secondary N) is 1. The van der Waals surface area contributed by atoms with Crippen molar-refractivity contribution in [2.75, 3.05) is 13.6 Å². The lowest BCUT2D eigenvalue weighted by Crippen LogP contribution is -2.36. The van der Waals surface area contributed by atoms with E-state index in [1.165, 1.54) is 0 Å². The van der Waals surface area contributed by atoms with Crippen molar-refractivity contribution >= 4 is 16.7 Å². The Labute approximate surface area is 173 Å². The van der Waals surface area contributed by atoms with Gasteiger partial charge in [-0.3, -0.25) is 14.7 Å². The predicted octanol–water partition coefficient (Wildman–Crippen LogP) is 3.46. The van der Waals surface area contributed by atoms with Crippen molar-refractivity contribution in [2.45, 2.75) is 18.5 Å². The molecule has 30 heavy (non-hydrogen) atoms. The van der Waals surface area contributed by atoms with E-state index in [1.54, 1.807) is 12.4 Å². The summed E-state index contributed by atoms with van der Waals surface area (Å²) in [5, 5.41) is 9.43. The topological polar surface area (TPSA) is 84.2 Å². The second-order valence-corrected chi connectivity index (χ2v) is 7.62. The van der Waals surface area contributed by atoms with Gasteiger partial charge in [-0.05, 0) is 48.5 Å². The number of benzene rings is 2. The SMILES string of the molecule is CN1C[C@@H](NC(=O)c2ccc3ccccc3c2)C[C@H]1c1nc(-c2ccncc2)no1. The summed E-state index contributed by atoms with van der Waals surface area (Å²) in [7, 11) is 2.00. The number of aromatic nitrogens is 3. The van der Waals surface area contributed by atoms with Crippen molar-refractivity contribution in [2.24, 2.45) is 0 Å². The molecule has 3 heterocycles. The van der Waals surface area contributed by atoms with Gasteiger partial charge in [0.1, 0.15) is 0 Å². The third kappa shape index (κ3) is 3.55. The summed E-state index contributed by atoms with van der Waals surface area (Å²) in [5.74, 6) is 1.04. The molecule has 2 aromatic heterocycles. The van der Waals surface area contributed by atoms with Gasteiger partial charge in [-0.25, -0.2) is 0 Å². The summed E-state index contributed by atoms with van der Waals surface area (Å²) in [6, 6.07) is 17.5. The van der Waals surface area contributed by atoms with E-state index < -0.39 is 0 Å². The van der Waals surface area contributed by atoms with E-state index in [0.29, 0.717) is 23.7 Å². The highest BCUT2D eigenvalue weighted by Gasteiger charge is 2.35. The van der Waals surface area contributed by atoms with Gasteiger partial charge in [0.2, 0.25) is 11.7 Å².